The molecule has 132 valence electrons. The number of amides is 1. The van der Waals surface area contributed by atoms with Gasteiger partial charge in [-0.3, -0.25) is 4.79 Å². The highest BCUT2D eigenvalue weighted by atomic mass is 79.9. The first-order valence-electron chi connectivity index (χ1n) is 7.92. The van der Waals surface area contributed by atoms with Crippen LogP contribution in [0.25, 0.3) is 17.1 Å². The second kappa shape index (κ2) is 8.82. The number of halogens is 1. The Morgan fingerprint density at radius 2 is 1.96 bits per heavy atom. The number of aromatic nitrogens is 2. The summed E-state index contributed by atoms with van der Waals surface area (Å²) in [6, 6.07) is 17.7. The van der Waals surface area contributed by atoms with E-state index in [1.54, 1.807) is 6.21 Å². The Balaban J connectivity index is 1.52. The number of benzene rings is 2. The number of hydrogen-bond acceptors (Lipinski definition) is 4. The van der Waals surface area contributed by atoms with Crippen molar-refractivity contribution in [2.45, 2.75) is 5.16 Å². The maximum atomic E-state index is 12.0. The van der Waals surface area contributed by atoms with Crippen molar-refractivity contribution in [3.8, 4) is 0 Å². The summed E-state index contributed by atoms with van der Waals surface area (Å²) >= 11 is 4.79. The van der Waals surface area contributed by atoms with Crippen molar-refractivity contribution in [3.63, 3.8) is 0 Å². The number of para-hydroxylation sites is 2. The fraction of sp³-hybridized carbons (Fsp3) is 0.105. The van der Waals surface area contributed by atoms with Gasteiger partial charge in [-0.05, 0) is 39.7 Å². The van der Waals surface area contributed by atoms with Crippen LogP contribution in [0.15, 0.2) is 69.3 Å². The van der Waals surface area contributed by atoms with Gasteiger partial charge in [0, 0.05) is 11.5 Å². The van der Waals surface area contributed by atoms with Gasteiger partial charge in [0.15, 0.2) is 5.16 Å². The van der Waals surface area contributed by atoms with Gasteiger partial charge in [-0.1, -0.05) is 54.2 Å². The molecule has 7 heteroatoms. The summed E-state index contributed by atoms with van der Waals surface area (Å²) in [6.07, 6.45) is 3.48. The van der Waals surface area contributed by atoms with Crippen molar-refractivity contribution in [2.24, 2.45) is 12.1 Å². The quantitative estimate of drug-likeness (QED) is 0.363. The van der Waals surface area contributed by atoms with Gasteiger partial charge < -0.3 is 4.57 Å². The molecule has 2 aromatic carbocycles. The minimum atomic E-state index is -0.182. The molecule has 0 radical (unpaired) electrons. The molecule has 1 heterocycles. The van der Waals surface area contributed by atoms with Gasteiger partial charge in [0.25, 0.3) is 5.91 Å². The maximum Gasteiger partial charge on any atom is 0.250 e. The lowest BCUT2D eigenvalue weighted by atomic mass is 10.2. The first-order valence-corrected chi connectivity index (χ1v) is 9.70. The lowest BCUT2D eigenvalue weighted by molar-refractivity contribution is -0.118. The van der Waals surface area contributed by atoms with Gasteiger partial charge in [-0.2, -0.15) is 5.10 Å². The summed E-state index contributed by atoms with van der Waals surface area (Å²) in [5.41, 5.74) is 5.54. The van der Waals surface area contributed by atoms with E-state index in [1.807, 2.05) is 72.3 Å². The van der Waals surface area contributed by atoms with E-state index >= 15 is 0 Å². The number of hydrogen-bond donors (Lipinski definition) is 1. The van der Waals surface area contributed by atoms with Gasteiger partial charge in [0.05, 0.1) is 23.0 Å². The zero-order valence-electron chi connectivity index (χ0n) is 14.1. The minimum absolute atomic E-state index is 0.182. The topological polar surface area (TPSA) is 59.3 Å². The third-order valence-corrected chi connectivity index (χ3v) is 5.02. The summed E-state index contributed by atoms with van der Waals surface area (Å²) in [4.78, 5) is 16.5. The first-order chi connectivity index (χ1) is 12.6. The van der Waals surface area contributed by atoms with E-state index in [2.05, 4.69) is 31.4 Å². The zero-order chi connectivity index (χ0) is 18.4. The van der Waals surface area contributed by atoms with Crippen LogP contribution in [0.4, 0.5) is 0 Å². The molecule has 0 fully saturated rings. The van der Waals surface area contributed by atoms with E-state index in [-0.39, 0.29) is 11.7 Å². The normalized spacial score (nSPS) is 12.0. The summed E-state index contributed by atoms with van der Waals surface area (Å²) in [6.45, 7) is 0. The van der Waals surface area contributed by atoms with Gasteiger partial charge in [0.1, 0.15) is 0 Å². The van der Waals surface area contributed by atoms with E-state index in [0.29, 0.717) is 0 Å². The maximum absolute atomic E-state index is 12.0. The third-order valence-electron chi connectivity index (χ3n) is 3.56. The molecule has 1 amide bonds. The van der Waals surface area contributed by atoms with Crippen LogP contribution in [0.3, 0.4) is 0 Å². The SMILES string of the molecule is Cn1c(SCC(=O)N/N=C/C(Br)=C/c2ccccc2)nc2ccccc21. The van der Waals surface area contributed by atoms with E-state index in [0.717, 1.165) is 26.2 Å². The second-order valence-electron chi connectivity index (χ2n) is 5.46. The Kier molecular flexibility index (Phi) is 6.25. The van der Waals surface area contributed by atoms with Gasteiger partial charge in [-0.25, -0.2) is 10.4 Å². The molecule has 0 saturated carbocycles. The van der Waals surface area contributed by atoms with E-state index in [1.165, 1.54) is 11.8 Å². The number of fused-ring (bicyclic) bond motifs is 1. The predicted molar refractivity (Wildman–Crippen MR) is 111 cm³/mol. The molecule has 0 unspecified atom stereocenters. The number of rotatable bonds is 6. The number of allylic oxidation sites excluding steroid dienone is 1. The second-order valence-corrected chi connectivity index (χ2v) is 7.32. The molecule has 0 spiro atoms. The Morgan fingerprint density at radius 1 is 1.23 bits per heavy atom. The molecule has 0 saturated heterocycles. The Hall–Kier alpha value is -2.38. The number of nitrogens with zero attached hydrogens (tertiary/aromatic N) is 3. The van der Waals surface area contributed by atoms with Crippen LogP contribution in [0.2, 0.25) is 0 Å². The average Bonchev–Trinajstić information content (AvgIpc) is 2.97. The lowest BCUT2D eigenvalue weighted by Crippen LogP contribution is -2.19. The van der Waals surface area contributed by atoms with Crippen molar-refractivity contribution in [2.75, 3.05) is 5.75 Å². The molecule has 5 nitrogen and oxygen atoms in total. The average molecular weight is 429 g/mol. The lowest BCUT2D eigenvalue weighted by Gasteiger charge is -2.01. The zero-order valence-corrected chi connectivity index (χ0v) is 16.5. The number of carbonyl (C=O) groups excluding carboxylic acids is 1. The molecule has 1 aromatic heterocycles. The van der Waals surface area contributed by atoms with Crippen LogP contribution in [0, 0.1) is 0 Å². The van der Waals surface area contributed by atoms with Crippen LogP contribution >= 0.6 is 27.7 Å². The standard InChI is InChI=1S/C19H17BrN4OS/c1-24-17-10-6-5-9-16(17)22-19(24)26-13-18(25)23-21-12-15(20)11-14-7-3-2-4-8-14/h2-12H,13H2,1H3,(H,23,25)/b15-11-,21-12+. The molecule has 1 N–H and O–H groups in total. The highest BCUT2D eigenvalue weighted by molar-refractivity contribution is 9.12. The molecule has 0 aliphatic heterocycles. The molecule has 0 bridgehead atoms. The Labute approximate surface area is 164 Å². The number of aryl methyl sites for hydroxylation is 1. The van der Waals surface area contributed by atoms with E-state index in [9.17, 15) is 4.79 Å². The molecular weight excluding hydrogens is 412 g/mol. The molecule has 26 heavy (non-hydrogen) atoms. The highest BCUT2D eigenvalue weighted by Gasteiger charge is 2.09. The van der Waals surface area contributed by atoms with Gasteiger partial charge in [-0.15, -0.1) is 0 Å². The molecular formula is C19H17BrN4OS. The van der Waals surface area contributed by atoms with Crippen LogP contribution < -0.4 is 5.43 Å². The number of imidazole rings is 1. The fourth-order valence-electron chi connectivity index (χ4n) is 2.33. The third kappa shape index (κ3) is 4.83. The summed E-state index contributed by atoms with van der Waals surface area (Å²) < 4.78 is 2.75. The molecule has 3 aromatic rings. The van der Waals surface area contributed by atoms with Gasteiger partial charge >= 0.3 is 0 Å². The number of thioether (sulfide) groups is 1. The molecule has 0 atom stereocenters. The Morgan fingerprint density at radius 3 is 2.73 bits per heavy atom. The fourth-order valence-corrected chi connectivity index (χ4v) is 3.47. The van der Waals surface area contributed by atoms with Gasteiger partial charge in [0.2, 0.25) is 0 Å². The number of carbonyl (C=O) groups is 1. The Bertz CT molecular complexity index is 966. The van der Waals surface area contributed by atoms with Crippen LogP contribution in [0.1, 0.15) is 5.56 Å². The first kappa shape index (κ1) is 18.4. The van der Waals surface area contributed by atoms with E-state index in [4.69, 9.17) is 0 Å². The van der Waals surface area contributed by atoms with Crippen molar-refractivity contribution >= 4 is 56.9 Å². The van der Waals surface area contributed by atoms with Crippen molar-refractivity contribution < 1.29 is 4.79 Å². The largest absolute Gasteiger partial charge is 0.322 e. The van der Waals surface area contributed by atoms with Crippen molar-refractivity contribution in [3.05, 3.63) is 64.6 Å². The molecule has 0 aliphatic carbocycles. The predicted octanol–water partition coefficient (Wildman–Crippen LogP) is 4.20. The summed E-state index contributed by atoms with van der Waals surface area (Å²) in [5.74, 6) is 0.0625. The van der Waals surface area contributed by atoms with Crippen LogP contribution in [0.5, 0.6) is 0 Å². The highest BCUT2D eigenvalue weighted by Crippen LogP contribution is 2.22. The number of hydrazone groups is 1. The molecule has 0 aliphatic rings. The summed E-state index contributed by atoms with van der Waals surface area (Å²) in [5, 5.41) is 4.77. The monoisotopic (exact) mass is 428 g/mol. The van der Waals surface area contributed by atoms with E-state index < -0.39 is 0 Å². The van der Waals surface area contributed by atoms with Crippen molar-refractivity contribution in [1.29, 1.82) is 0 Å². The van der Waals surface area contributed by atoms with Crippen LogP contribution in [-0.2, 0) is 11.8 Å². The number of nitrogens with one attached hydrogen (secondary N) is 1. The van der Waals surface area contributed by atoms with Crippen LogP contribution in [-0.4, -0.2) is 27.4 Å². The smallest absolute Gasteiger partial charge is 0.250 e. The molecule has 3 rings (SSSR count). The van der Waals surface area contributed by atoms with Crippen molar-refractivity contribution in [1.82, 2.24) is 15.0 Å². The minimum Gasteiger partial charge on any atom is -0.322 e. The summed E-state index contributed by atoms with van der Waals surface area (Å²) in [7, 11) is 1.94.